The number of halogens is 8. The zero-order valence-electron chi connectivity index (χ0n) is 67.5. The zero-order valence-corrected chi connectivity index (χ0v) is 73.5. The molecule has 6 aliphatic rings. The number of amidine groups is 4. The second kappa shape index (κ2) is 39.0. The van der Waals surface area contributed by atoms with Gasteiger partial charge in [0.15, 0.2) is 40.6 Å². The molecule has 10 aromatic rings. The number of aromatic nitrogens is 11. The Morgan fingerprint density at radius 3 is 1.37 bits per heavy atom. The van der Waals surface area contributed by atoms with E-state index in [4.69, 9.17) is 135 Å². The van der Waals surface area contributed by atoms with Crippen LogP contribution in [0, 0.1) is 5.41 Å². The summed E-state index contributed by atoms with van der Waals surface area (Å²) in [4.78, 5) is 115. The van der Waals surface area contributed by atoms with Gasteiger partial charge in [-0.3, -0.25) is 29.0 Å². The maximum absolute atomic E-state index is 12.4. The number of hydrogen-bond donors (Lipinski definition) is 14. The molecule has 1 unspecified atom stereocenters. The lowest BCUT2D eigenvalue weighted by atomic mass is 9.74. The van der Waals surface area contributed by atoms with E-state index in [0.717, 1.165) is 45.1 Å². The van der Waals surface area contributed by atoms with Gasteiger partial charge in [0, 0.05) is 90.3 Å². The third-order valence-electron chi connectivity index (χ3n) is 18.8. The number of allylic oxidation sites excluding steroid dienone is 4. The second-order valence-corrected chi connectivity index (χ2v) is 32.0. The number of nitrogens with one attached hydrogen (secondary N) is 9. The second-order valence-electron chi connectivity index (χ2n) is 28.9. The molecule has 18 N–H and O–H groups in total. The van der Waals surface area contributed by atoms with Gasteiger partial charge in [0.2, 0.25) is 23.5 Å². The Morgan fingerprint density at radius 2 is 0.931 bits per heavy atom. The third-order valence-corrected chi connectivity index (χ3v) is 21.1. The van der Waals surface area contributed by atoms with Crippen molar-refractivity contribution in [3.8, 4) is 46.5 Å². The topological polar surface area (TPSA) is 585 Å². The first-order valence-corrected chi connectivity index (χ1v) is 40.7. The van der Waals surface area contributed by atoms with Crippen molar-refractivity contribution in [1.29, 1.82) is 0 Å². The number of benzene rings is 4. The Hall–Kier alpha value is -15.1. The Labute approximate surface area is 771 Å². The first kappa shape index (κ1) is 92.6. The number of rotatable bonds is 20. The molecule has 4 aromatic carbocycles. The number of fused-ring (bicyclic) bond motifs is 1. The highest BCUT2D eigenvalue weighted by Gasteiger charge is 2.37. The van der Waals surface area contributed by atoms with Crippen molar-refractivity contribution in [2.24, 2.45) is 48.8 Å². The molecule has 668 valence electrons. The molecule has 0 spiro atoms. The fourth-order valence-corrected chi connectivity index (χ4v) is 14.7. The van der Waals surface area contributed by atoms with Gasteiger partial charge in [0.05, 0.1) is 92.8 Å². The Morgan fingerprint density at radius 1 is 0.508 bits per heavy atom. The molecule has 8 amide bonds. The number of aromatic hydroxyl groups is 1. The molecule has 1 fully saturated rings. The van der Waals surface area contributed by atoms with Crippen molar-refractivity contribution in [3.63, 3.8) is 0 Å². The molecule has 0 saturated carbocycles. The number of amides is 8. The Kier molecular flexibility index (Phi) is 27.8. The molecule has 130 heavy (non-hydrogen) atoms. The lowest BCUT2D eigenvalue weighted by Crippen LogP contribution is -2.54. The number of nitrogens with two attached hydrogens (primary N) is 4. The van der Waals surface area contributed by atoms with Crippen molar-refractivity contribution in [1.82, 2.24) is 82.2 Å². The van der Waals surface area contributed by atoms with Gasteiger partial charge in [-0.25, -0.2) is 44.7 Å². The number of ether oxygens (including phenoxy) is 4. The summed E-state index contributed by atoms with van der Waals surface area (Å²) >= 11 is 50.5. The van der Waals surface area contributed by atoms with E-state index in [1.807, 2.05) is 29.2 Å². The van der Waals surface area contributed by atoms with Gasteiger partial charge in [0.25, 0.3) is 27.8 Å². The standard InChI is InChI=1S/C22H16Cl2N6O3.C20H15Cl2N7O4.C19H14Cl2N8O4.C19H23Cl2N7O3/c1-10-20(25)29-30(22(32)26-10)12-7-16(23)19(17(24)8-12)33-18-9-15(21(31)28-27-18)14-6-11-4-2-3-5-13(11)14;1-9-18(23)28-29(20(32)25-9)12-6-14(21)17(15(22)7-12)33-16-5-10(19(31)27-26-16)4-11-2-3-13(30)8-24-11;1-8-17(22)28-29(19(32)23-8)11-6-12(20)16(13(21)7-11)33-15-5-9(18(31)27-26-15)4-10-2-3-14(30)25-24-10;1-10(28-18(30)23-11(2)16(22)26-28)5-12(21)14(7-20)31-15-6-13(17(29)25-24-15)27-8-19(3,4)9-27/h2-5,7-9,14H,1,6H2,(H2,25,29)(H,26,32)(H,28,31);2-3,5-8,30H,1,4H2,(H2,23,28)(H,25,32)(H,27,31);2-3,5-7H,1,4H2,(H2,22,28)(H,23,32)(H,25,30)(H,27,31);5-6H,2,7-9H2,1,3-4H3,(H2,22,26)(H,23,30)(H,25,29)/b;;;10-5+,14-12-. The van der Waals surface area contributed by atoms with Crippen LogP contribution in [0.5, 0.6) is 46.5 Å². The number of carbonyl (C=O) groups excluding carboxylic acids is 4. The lowest BCUT2D eigenvalue weighted by Gasteiger charge is -2.46. The first-order chi connectivity index (χ1) is 61.7. The van der Waals surface area contributed by atoms with E-state index < -0.39 is 35.2 Å². The summed E-state index contributed by atoms with van der Waals surface area (Å²) in [6.07, 6.45) is 3.77. The summed E-state index contributed by atoms with van der Waals surface area (Å²) in [5, 5.41) is 70.9. The molecule has 6 aromatic heterocycles. The van der Waals surface area contributed by atoms with E-state index in [0.29, 0.717) is 33.9 Å². The molecule has 1 atom stereocenters. The molecule has 5 aliphatic heterocycles. The van der Waals surface area contributed by atoms with E-state index in [9.17, 15) is 48.3 Å². The van der Waals surface area contributed by atoms with Crippen LogP contribution in [0.1, 0.15) is 65.9 Å². The average Bonchev–Trinajstić information content (AvgIpc) is 0.757. The van der Waals surface area contributed by atoms with E-state index >= 15 is 0 Å². The molecular weight excluding hydrogens is 1860 g/mol. The number of urea groups is 4. The first-order valence-electron chi connectivity index (χ1n) is 37.5. The predicted octanol–water partition coefficient (Wildman–Crippen LogP) is 11.0. The minimum Gasteiger partial charge on any atom is -0.506 e. The quantitative estimate of drug-likeness (QED) is 0.0191. The van der Waals surface area contributed by atoms with Gasteiger partial charge < -0.3 is 73.2 Å². The Balaban J connectivity index is 0.000000148. The molecule has 11 heterocycles. The van der Waals surface area contributed by atoms with Gasteiger partial charge in [-0.05, 0) is 90.6 Å². The van der Waals surface area contributed by atoms with Crippen LogP contribution in [0.3, 0.4) is 0 Å². The van der Waals surface area contributed by atoms with Crippen molar-refractivity contribution < 1.29 is 43.2 Å². The van der Waals surface area contributed by atoms with Crippen molar-refractivity contribution >= 4 is 163 Å². The molecule has 0 radical (unpaired) electrons. The highest BCUT2D eigenvalue weighted by molar-refractivity contribution is 6.39. The van der Waals surface area contributed by atoms with E-state index in [1.54, 1.807) is 19.1 Å². The van der Waals surface area contributed by atoms with E-state index in [-0.39, 0.29) is 203 Å². The fraction of sp³-hybridized carbons (Fsp3) is 0.138. The van der Waals surface area contributed by atoms with Crippen LogP contribution in [-0.2, 0) is 19.3 Å². The van der Waals surface area contributed by atoms with Gasteiger partial charge in [-0.1, -0.05) is 146 Å². The van der Waals surface area contributed by atoms with Gasteiger partial charge in [-0.2, -0.15) is 25.1 Å². The summed E-state index contributed by atoms with van der Waals surface area (Å²) in [5.41, 5.74) is 27.9. The summed E-state index contributed by atoms with van der Waals surface area (Å²) < 4.78 is 22.9. The molecule has 1 saturated heterocycles. The number of carbonyl (C=O) groups is 4. The normalized spacial score (nSPS) is 15.8. The lowest BCUT2D eigenvalue weighted by molar-refractivity contribution is 0.214. The fourth-order valence-electron chi connectivity index (χ4n) is 12.5. The van der Waals surface area contributed by atoms with Crippen molar-refractivity contribution in [3.05, 3.63) is 308 Å². The van der Waals surface area contributed by atoms with Gasteiger partial charge >= 0.3 is 24.1 Å². The highest BCUT2D eigenvalue weighted by Crippen LogP contribution is 2.45. The summed E-state index contributed by atoms with van der Waals surface area (Å²) in [5.74, 6) is 0.703. The maximum Gasteiger partial charge on any atom is 0.347 e. The zero-order chi connectivity index (χ0) is 93.6. The molecular formula is C80H68Cl8N28O14. The molecule has 1 aliphatic carbocycles. The predicted molar refractivity (Wildman–Crippen MR) is 488 cm³/mol. The van der Waals surface area contributed by atoms with E-state index in [1.165, 1.54) is 90.6 Å². The molecule has 42 nitrogen and oxygen atoms in total. The summed E-state index contributed by atoms with van der Waals surface area (Å²) in [6.45, 7) is 21.7. The third kappa shape index (κ3) is 21.6. The van der Waals surface area contributed by atoms with Crippen LogP contribution in [0.2, 0.25) is 30.1 Å². The monoisotopic (exact) mass is 1920 g/mol. The van der Waals surface area contributed by atoms with Crippen LogP contribution < -0.4 is 111 Å². The minimum atomic E-state index is -0.599. The molecule has 16 rings (SSSR count). The van der Waals surface area contributed by atoms with Gasteiger partial charge in [-0.15, -0.1) is 52.4 Å². The smallest absolute Gasteiger partial charge is 0.347 e. The number of hydrazone groups is 4. The number of alkyl halides is 1. The van der Waals surface area contributed by atoms with Crippen LogP contribution in [0.25, 0.3) is 0 Å². The van der Waals surface area contributed by atoms with Crippen LogP contribution in [0.15, 0.2) is 231 Å². The average molecular weight is 1930 g/mol. The number of nitrogens with zero attached hydrogens (tertiary/aromatic N) is 15. The number of H-pyrrole nitrogens is 5. The number of aromatic amines is 5. The van der Waals surface area contributed by atoms with Crippen LogP contribution >= 0.6 is 92.8 Å². The highest BCUT2D eigenvalue weighted by atomic mass is 35.5. The number of hydrogen-bond acceptors (Lipinski definition) is 29. The molecule has 50 heteroatoms. The number of pyridine rings is 1. The molecule has 0 bridgehead atoms. The summed E-state index contributed by atoms with van der Waals surface area (Å²) in [6, 6.07) is 25.9. The van der Waals surface area contributed by atoms with E-state index in [2.05, 4.69) is 138 Å². The van der Waals surface area contributed by atoms with Crippen LogP contribution in [-0.4, -0.2) is 133 Å². The SMILES string of the molecule is C=C1NC(=O)N(/C(C)=C/C(Cl)=C(\CCl)Oc2cc(N3CC(C)(C)C3)c(=O)[nH]n2)N=C1N.C=C1NC(=O)N(c2cc(Cl)c(Oc3cc(C4Cc5ccccc54)c(=O)[nH]n3)c(Cl)c2)N=C1N.C=C1NC(=O)N(c2cc(Cl)c(Oc3cc(Cc4ccc(=O)[nH]n4)c(=O)[nH]n3)c(Cl)c2)N=C1N.C=C1NC(=O)N(c2cc(Cl)c(Oc3cc(Cc4ccc(O)cn4)c(=O)[nH]n3)c(Cl)c2)N=C1N. The van der Waals surface area contributed by atoms with Crippen LogP contribution in [0.4, 0.5) is 41.9 Å². The van der Waals surface area contributed by atoms with Crippen molar-refractivity contribution in [2.75, 3.05) is 38.9 Å². The largest absolute Gasteiger partial charge is 0.506 e. The number of anilines is 4. The van der Waals surface area contributed by atoms with Gasteiger partial charge in [0.1, 0.15) is 17.2 Å². The van der Waals surface area contributed by atoms with Crippen molar-refractivity contribution in [2.45, 2.75) is 46.0 Å². The maximum atomic E-state index is 12.4. The summed E-state index contributed by atoms with van der Waals surface area (Å²) in [7, 11) is 0. The minimum absolute atomic E-state index is 0.000135. The Bertz CT molecular complexity index is 6790.